The molecule has 1 heteroatoms. The van der Waals surface area contributed by atoms with E-state index in [-0.39, 0.29) is 5.41 Å². The molecule has 0 N–H and O–H groups in total. The van der Waals surface area contributed by atoms with E-state index < -0.39 is 0 Å². The van der Waals surface area contributed by atoms with Crippen LogP contribution in [0, 0.1) is 22.7 Å². The van der Waals surface area contributed by atoms with Crippen LogP contribution in [0.3, 0.4) is 0 Å². The zero-order chi connectivity index (χ0) is 11.9. The van der Waals surface area contributed by atoms with E-state index in [1.807, 2.05) is 0 Å². The van der Waals surface area contributed by atoms with Crippen molar-refractivity contribution < 1.29 is 0 Å². The molecule has 0 aliphatic heterocycles. The lowest BCUT2D eigenvalue weighted by Gasteiger charge is -2.15. The van der Waals surface area contributed by atoms with Crippen molar-refractivity contribution in [3.63, 3.8) is 0 Å². The molecule has 1 unspecified atom stereocenters. The van der Waals surface area contributed by atoms with Crippen molar-refractivity contribution in [3.05, 3.63) is 11.6 Å². The molecule has 0 saturated heterocycles. The van der Waals surface area contributed by atoms with Crippen LogP contribution in [-0.2, 0) is 0 Å². The molecule has 0 rings (SSSR count). The summed E-state index contributed by atoms with van der Waals surface area (Å²) in [5, 5.41) is 9.05. The fourth-order valence-corrected chi connectivity index (χ4v) is 1.69. The molecule has 0 radical (unpaired) electrons. The van der Waals surface area contributed by atoms with E-state index in [1.54, 1.807) is 0 Å². The Kier molecular flexibility index (Phi) is 6.32. The predicted octanol–water partition coefficient (Wildman–Crippen LogP) is 4.70. The molecule has 0 aromatic carbocycles. The number of unbranched alkanes of at least 4 members (excludes halogenated alkanes) is 1. The molecule has 15 heavy (non-hydrogen) atoms. The standard InChI is InChI=1S/C14H25N/c1-6-7-8-12(2)9-13(11-15)10-14(3,4)5/h10,12H,6-9H2,1-5H3/b13-10-. The Bertz CT molecular complexity index is 237. The summed E-state index contributed by atoms with van der Waals surface area (Å²) in [6.07, 6.45) is 6.80. The summed E-state index contributed by atoms with van der Waals surface area (Å²) in [6.45, 7) is 10.9. The van der Waals surface area contributed by atoms with Crippen LogP contribution in [0.5, 0.6) is 0 Å². The second-order valence-corrected chi connectivity index (χ2v) is 5.60. The molecule has 0 fully saturated rings. The van der Waals surface area contributed by atoms with Crippen molar-refractivity contribution in [2.75, 3.05) is 0 Å². The van der Waals surface area contributed by atoms with Gasteiger partial charge in [0.25, 0.3) is 0 Å². The first kappa shape index (κ1) is 14.2. The molecule has 1 nitrogen and oxygen atoms in total. The third kappa shape index (κ3) is 8.24. The Morgan fingerprint density at radius 1 is 1.40 bits per heavy atom. The minimum Gasteiger partial charge on any atom is -0.193 e. The molecule has 0 spiro atoms. The first-order valence-electron chi connectivity index (χ1n) is 6.01. The van der Waals surface area contributed by atoms with Gasteiger partial charge in [-0.05, 0) is 17.8 Å². The number of nitriles is 1. The lowest BCUT2D eigenvalue weighted by atomic mass is 9.89. The molecule has 0 aliphatic rings. The lowest BCUT2D eigenvalue weighted by Crippen LogP contribution is -2.03. The average molecular weight is 207 g/mol. The van der Waals surface area contributed by atoms with Gasteiger partial charge in [0, 0.05) is 5.57 Å². The third-order valence-electron chi connectivity index (χ3n) is 2.37. The minimum absolute atomic E-state index is 0.121. The van der Waals surface area contributed by atoms with Crippen molar-refractivity contribution in [2.45, 2.75) is 60.3 Å². The average Bonchev–Trinajstić information content (AvgIpc) is 2.11. The van der Waals surface area contributed by atoms with Gasteiger partial charge in [0.2, 0.25) is 0 Å². The lowest BCUT2D eigenvalue weighted by molar-refractivity contribution is 0.494. The second-order valence-electron chi connectivity index (χ2n) is 5.60. The van der Waals surface area contributed by atoms with Gasteiger partial charge in [-0.3, -0.25) is 0 Å². The van der Waals surface area contributed by atoms with Gasteiger partial charge in [0.1, 0.15) is 0 Å². The van der Waals surface area contributed by atoms with Crippen molar-refractivity contribution in [1.29, 1.82) is 5.26 Å². The van der Waals surface area contributed by atoms with Gasteiger partial charge in [-0.15, -0.1) is 0 Å². The Hall–Kier alpha value is -0.770. The van der Waals surface area contributed by atoms with Crippen molar-refractivity contribution >= 4 is 0 Å². The molecular formula is C14H25N. The summed E-state index contributed by atoms with van der Waals surface area (Å²) in [4.78, 5) is 0. The summed E-state index contributed by atoms with van der Waals surface area (Å²) in [5.74, 6) is 0.637. The maximum atomic E-state index is 9.05. The molecule has 0 saturated carbocycles. The summed E-state index contributed by atoms with van der Waals surface area (Å²) < 4.78 is 0. The topological polar surface area (TPSA) is 23.8 Å². The van der Waals surface area contributed by atoms with Crippen LogP contribution in [0.2, 0.25) is 0 Å². The normalized spacial score (nSPS) is 14.8. The number of hydrogen-bond donors (Lipinski definition) is 0. The van der Waals surface area contributed by atoms with Gasteiger partial charge in [-0.1, -0.05) is 60.0 Å². The summed E-state index contributed by atoms with van der Waals surface area (Å²) in [5.41, 5.74) is 1.07. The molecule has 0 aromatic rings. The van der Waals surface area contributed by atoms with Gasteiger partial charge in [0.15, 0.2) is 0 Å². The quantitative estimate of drug-likeness (QED) is 0.599. The van der Waals surface area contributed by atoms with E-state index in [1.165, 1.54) is 19.3 Å². The first-order valence-corrected chi connectivity index (χ1v) is 6.01. The van der Waals surface area contributed by atoms with Crippen molar-refractivity contribution in [3.8, 4) is 6.07 Å². The van der Waals surface area contributed by atoms with Gasteiger partial charge in [-0.25, -0.2) is 0 Å². The van der Waals surface area contributed by atoms with E-state index >= 15 is 0 Å². The Labute approximate surface area is 95.2 Å². The van der Waals surface area contributed by atoms with Crippen LogP contribution >= 0.6 is 0 Å². The summed E-state index contributed by atoms with van der Waals surface area (Å²) in [6, 6.07) is 2.33. The molecule has 0 aromatic heterocycles. The van der Waals surface area contributed by atoms with E-state index in [4.69, 9.17) is 5.26 Å². The zero-order valence-electron chi connectivity index (χ0n) is 10.9. The van der Waals surface area contributed by atoms with E-state index in [0.717, 1.165) is 12.0 Å². The maximum absolute atomic E-state index is 9.05. The SMILES string of the molecule is CCCCC(C)C/C(C#N)=C/C(C)(C)C. The zero-order valence-corrected chi connectivity index (χ0v) is 10.9. The number of nitrogens with zero attached hydrogens (tertiary/aromatic N) is 1. The van der Waals surface area contributed by atoms with Crippen LogP contribution in [0.25, 0.3) is 0 Å². The Balaban J connectivity index is 4.23. The van der Waals surface area contributed by atoms with Crippen LogP contribution in [0.4, 0.5) is 0 Å². The third-order valence-corrected chi connectivity index (χ3v) is 2.37. The number of allylic oxidation sites excluding steroid dienone is 2. The number of rotatable bonds is 5. The monoisotopic (exact) mass is 207 g/mol. The minimum atomic E-state index is 0.121. The molecule has 86 valence electrons. The van der Waals surface area contributed by atoms with Gasteiger partial charge in [-0.2, -0.15) is 5.26 Å². The fourth-order valence-electron chi connectivity index (χ4n) is 1.69. The smallest absolute Gasteiger partial charge is 0.0944 e. The van der Waals surface area contributed by atoms with Gasteiger partial charge < -0.3 is 0 Å². The van der Waals surface area contributed by atoms with Crippen LogP contribution in [0.15, 0.2) is 11.6 Å². The second kappa shape index (κ2) is 6.67. The highest BCUT2D eigenvalue weighted by molar-refractivity contribution is 5.23. The molecule has 0 amide bonds. The molecule has 0 heterocycles. The molecule has 1 atom stereocenters. The van der Waals surface area contributed by atoms with Crippen LogP contribution in [0.1, 0.15) is 60.3 Å². The largest absolute Gasteiger partial charge is 0.193 e. The number of hydrogen-bond acceptors (Lipinski definition) is 1. The summed E-state index contributed by atoms with van der Waals surface area (Å²) in [7, 11) is 0. The molecular weight excluding hydrogens is 182 g/mol. The molecule has 0 aliphatic carbocycles. The summed E-state index contributed by atoms with van der Waals surface area (Å²) >= 11 is 0. The van der Waals surface area contributed by atoms with E-state index in [9.17, 15) is 0 Å². The molecule has 0 bridgehead atoms. The first-order chi connectivity index (χ1) is 6.89. The van der Waals surface area contributed by atoms with Gasteiger partial charge >= 0.3 is 0 Å². The van der Waals surface area contributed by atoms with Gasteiger partial charge in [0.05, 0.1) is 6.07 Å². The predicted molar refractivity (Wildman–Crippen MR) is 66.5 cm³/mol. The van der Waals surface area contributed by atoms with E-state index in [0.29, 0.717) is 5.92 Å². The Morgan fingerprint density at radius 2 is 2.00 bits per heavy atom. The van der Waals surface area contributed by atoms with E-state index in [2.05, 4.69) is 46.8 Å². The highest BCUT2D eigenvalue weighted by Crippen LogP contribution is 2.23. The highest BCUT2D eigenvalue weighted by atomic mass is 14.3. The van der Waals surface area contributed by atoms with Crippen molar-refractivity contribution in [1.82, 2.24) is 0 Å². The van der Waals surface area contributed by atoms with Crippen molar-refractivity contribution in [2.24, 2.45) is 11.3 Å². The maximum Gasteiger partial charge on any atom is 0.0944 e. The highest BCUT2D eigenvalue weighted by Gasteiger charge is 2.11. The Morgan fingerprint density at radius 3 is 2.40 bits per heavy atom. The van der Waals surface area contributed by atoms with Crippen LogP contribution in [-0.4, -0.2) is 0 Å². The van der Waals surface area contributed by atoms with Crippen LogP contribution < -0.4 is 0 Å². The fraction of sp³-hybridized carbons (Fsp3) is 0.786.